The van der Waals surface area contributed by atoms with Gasteiger partial charge in [-0.05, 0) is 54.6 Å². The van der Waals surface area contributed by atoms with E-state index in [1.807, 2.05) is 97.9 Å². The van der Waals surface area contributed by atoms with Crippen LogP contribution in [0, 0.1) is 0 Å². The highest BCUT2D eigenvalue weighted by atomic mass is 15.0. The van der Waals surface area contributed by atoms with Crippen molar-refractivity contribution < 1.29 is 0 Å². The Kier molecular flexibility index (Phi) is 17.5. The molecular formula is C26H42N6. The van der Waals surface area contributed by atoms with Gasteiger partial charge in [0.15, 0.2) is 5.84 Å². The minimum Gasteiger partial charge on any atom is -0.399 e. The Morgan fingerprint density at radius 3 is 1.62 bits per heavy atom. The van der Waals surface area contributed by atoms with E-state index >= 15 is 0 Å². The highest BCUT2D eigenvalue weighted by Crippen LogP contribution is 2.21. The quantitative estimate of drug-likeness (QED) is 0.390. The molecule has 6 nitrogen and oxygen atoms in total. The second-order valence-electron chi connectivity index (χ2n) is 5.35. The van der Waals surface area contributed by atoms with Crippen LogP contribution in [0.15, 0.2) is 82.4 Å². The maximum atomic E-state index is 5.88. The van der Waals surface area contributed by atoms with E-state index in [1.54, 1.807) is 12.1 Å². The summed E-state index contributed by atoms with van der Waals surface area (Å²) in [4.78, 5) is 8.87. The first-order valence-corrected chi connectivity index (χ1v) is 11.3. The zero-order valence-corrected chi connectivity index (χ0v) is 21.0. The molecule has 0 radical (unpaired) electrons. The van der Waals surface area contributed by atoms with Gasteiger partial charge in [0.05, 0.1) is 11.4 Å². The second kappa shape index (κ2) is 18.2. The van der Waals surface area contributed by atoms with Crippen LogP contribution in [0.25, 0.3) is 0 Å². The monoisotopic (exact) mass is 438 g/mol. The third-order valence-corrected chi connectivity index (χ3v) is 3.43. The molecule has 0 aromatic heterocycles. The first kappa shape index (κ1) is 30.7. The van der Waals surface area contributed by atoms with E-state index in [-0.39, 0.29) is 0 Å². The fourth-order valence-corrected chi connectivity index (χ4v) is 2.13. The Balaban J connectivity index is 0. The molecule has 176 valence electrons. The van der Waals surface area contributed by atoms with Crippen molar-refractivity contribution in [2.45, 2.75) is 55.4 Å². The molecule has 0 unspecified atom stereocenters. The van der Waals surface area contributed by atoms with Crippen molar-refractivity contribution in [1.29, 1.82) is 0 Å². The van der Waals surface area contributed by atoms with Crippen molar-refractivity contribution in [2.75, 3.05) is 16.8 Å². The van der Waals surface area contributed by atoms with Gasteiger partial charge in [0.25, 0.3) is 0 Å². The van der Waals surface area contributed by atoms with Gasteiger partial charge in [0.1, 0.15) is 5.84 Å². The van der Waals surface area contributed by atoms with Crippen LogP contribution in [0.2, 0.25) is 0 Å². The number of hydrogen-bond acceptors (Lipinski definition) is 5. The summed E-state index contributed by atoms with van der Waals surface area (Å²) in [7, 11) is 0. The van der Waals surface area contributed by atoms with Crippen LogP contribution < -0.4 is 22.5 Å². The lowest BCUT2D eigenvalue weighted by molar-refractivity contribution is 1.37. The van der Waals surface area contributed by atoms with Gasteiger partial charge in [-0.3, -0.25) is 0 Å². The Morgan fingerprint density at radius 1 is 0.719 bits per heavy atom. The first-order chi connectivity index (χ1) is 15.5. The number of anilines is 3. The van der Waals surface area contributed by atoms with Gasteiger partial charge in [0.2, 0.25) is 0 Å². The molecule has 7 N–H and O–H groups in total. The summed E-state index contributed by atoms with van der Waals surface area (Å²) in [5.41, 5.74) is 21.6. The number of benzene rings is 2. The SMILES string of the molecule is C=C1C=C(Nc2ccc(N)cc2)C(=Nc2ccc(N)cc2)N=C1N.CC.CC.CC.CC. The molecule has 0 saturated carbocycles. The predicted octanol–water partition coefficient (Wildman–Crippen LogP) is 6.91. The number of aliphatic imine (C=N–C) groups is 2. The zero-order chi connectivity index (χ0) is 25.1. The van der Waals surface area contributed by atoms with Crippen LogP contribution in [0.1, 0.15) is 55.4 Å². The molecule has 0 atom stereocenters. The maximum absolute atomic E-state index is 5.88. The van der Waals surface area contributed by atoms with Crippen LogP contribution in [-0.2, 0) is 0 Å². The van der Waals surface area contributed by atoms with Crippen LogP contribution in [-0.4, -0.2) is 11.7 Å². The molecule has 0 fully saturated rings. The third kappa shape index (κ3) is 10.5. The van der Waals surface area contributed by atoms with Gasteiger partial charge >= 0.3 is 0 Å². The minimum atomic E-state index is 0.340. The average Bonchev–Trinajstić information content (AvgIpc) is 2.85. The van der Waals surface area contributed by atoms with Crippen molar-refractivity contribution in [3.05, 3.63) is 72.5 Å². The predicted molar refractivity (Wildman–Crippen MR) is 147 cm³/mol. The molecule has 2 aromatic carbocycles. The molecule has 6 heteroatoms. The van der Waals surface area contributed by atoms with E-state index < -0.39 is 0 Å². The summed E-state index contributed by atoms with van der Waals surface area (Å²) in [6, 6.07) is 14.6. The lowest BCUT2D eigenvalue weighted by atomic mass is 10.1. The van der Waals surface area contributed by atoms with E-state index in [1.165, 1.54) is 0 Å². The van der Waals surface area contributed by atoms with Crippen LogP contribution in [0.4, 0.5) is 22.7 Å². The van der Waals surface area contributed by atoms with Gasteiger partial charge in [-0.15, -0.1) is 0 Å². The zero-order valence-electron chi connectivity index (χ0n) is 21.0. The first-order valence-electron chi connectivity index (χ1n) is 11.3. The van der Waals surface area contributed by atoms with Gasteiger partial charge in [-0.25, -0.2) is 9.98 Å². The number of nitrogen functional groups attached to an aromatic ring is 2. The van der Waals surface area contributed by atoms with Gasteiger partial charge < -0.3 is 22.5 Å². The third-order valence-electron chi connectivity index (χ3n) is 3.43. The van der Waals surface area contributed by atoms with E-state index in [2.05, 4.69) is 21.9 Å². The molecule has 1 aliphatic rings. The number of dihydropyridines is 1. The molecule has 1 aliphatic heterocycles. The number of amidine groups is 2. The molecule has 0 aliphatic carbocycles. The van der Waals surface area contributed by atoms with Gasteiger partial charge in [-0.2, -0.15) is 0 Å². The molecule has 2 aromatic rings. The summed E-state index contributed by atoms with van der Waals surface area (Å²) in [5.74, 6) is 0.813. The van der Waals surface area contributed by atoms with Crippen molar-refractivity contribution in [2.24, 2.45) is 15.7 Å². The molecular weight excluding hydrogens is 396 g/mol. The molecule has 3 rings (SSSR count). The number of nitrogens with zero attached hydrogens (tertiary/aromatic N) is 2. The van der Waals surface area contributed by atoms with Crippen molar-refractivity contribution in [3.8, 4) is 0 Å². The molecule has 0 amide bonds. The van der Waals surface area contributed by atoms with Crippen molar-refractivity contribution >= 4 is 34.4 Å². The Labute approximate surface area is 195 Å². The standard InChI is InChI=1S/C18H18N6.4C2H6/c1-11-10-16(22-14-6-2-12(19)3-7-14)18(24-17(11)21)23-15-8-4-13(20)5-9-15;4*1-2/h2-10,22H,1,19-20H2,(H2,21,23,24);4*1-2H3. The lowest BCUT2D eigenvalue weighted by Gasteiger charge is -2.16. The average molecular weight is 439 g/mol. The number of hydrogen-bond donors (Lipinski definition) is 4. The maximum Gasteiger partial charge on any atom is 0.178 e. The number of nitrogens with one attached hydrogen (secondary N) is 1. The van der Waals surface area contributed by atoms with E-state index in [9.17, 15) is 0 Å². The fraction of sp³-hybridized carbons (Fsp3) is 0.308. The molecule has 0 bridgehead atoms. The Hall–Kier alpha value is -3.54. The van der Waals surface area contributed by atoms with Crippen LogP contribution in [0.5, 0.6) is 0 Å². The Morgan fingerprint density at radius 2 is 1.16 bits per heavy atom. The van der Waals surface area contributed by atoms with Gasteiger partial charge in [-0.1, -0.05) is 62.0 Å². The fourth-order valence-electron chi connectivity index (χ4n) is 2.13. The van der Waals surface area contributed by atoms with E-state index in [0.717, 1.165) is 11.4 Å². The second-order valence-corrected chi connectivity index (χ2v) is 5.35. The minimum absolute atomic E-state index is 0.340. The van der Waals surface area contributed by atoms with Crippen LogP contribution in [0.3, 0.4) is 0 Å². The Bertz CT molecular complexity index is 860. The normalized spacial score (nSPS) is 12.6. The molecule has 0 spiro atoms. The largest absolute Gasteiger partial charge is 0.399 e. The molecule has 0 saturated heterocycles. The smallest absolute Gasteiger partial charge is 0.178 e. The van der Waals surface area contributed by atoms with Gasteiger partial charge in [0, 0.05) is 22.6 Å². The summed E-state index contributed by atoms with van der Waals surface area (Å²) < 4.78 is 0. The lowest BCUT2D eigenvalue weighted by Crippen LogP contribution is -2.23. The highest BCUT2D eigenvalue weighted by Gasteiger charge is 2.15. The summed E-state index contributed by atoms with van der Waals surface area (Å²) in [6.07, 6.45) is 1.81. The van der Waals surface area contributed by atoms with Crippen molar-refractivity contribution in [1.82, 2.24) is 0 Å². The van der Waals surface area contributed by atoms with E-state index in [4.69, 9.17) is 17.2 Å². The molecule has 32 heavy (non-hydrogen) atoms. The number of rotatable bonds is 3. The van der Waals surface area contributed by atoms with Crippen molar-refractivity contribution in [3.63, 3.8) is 0 Å². The molecule has 1 heterocycles. The summed E-state index contributed by atoms with van der Waals surface area (Å²) in [6.45, 7) is 19.9. The number of nitrogens with two attached hydrogens (primary N) is 3. The summed E-state index contributed by atoms with van der Waals surface area (Å²) in [5, 5.41) is 3.27. The highest BCUT2D eigenvalue weighted by molar-refractivity contribution is 6.17. The summed E-state index contributed by atoms with van der Waals surface area (Å²) >= 11 is 0. The van der Waals surface area contributed by atoms with E-state index in [0.29, 0.717) is 34.3 Å². The topological polar surface area (TPSA) is 115 Å². The van der Waals surface area contributed by atoms with Crippen LogP contribution >= 0.6 is 0 Å².